The Labute approximate surface area is 150 Å². The number of rotatable bonds is 17. The minimum Gasteiger partial charge on any atom is -0.481 e. The molecule has 1 unspecified atom stereocenters. The highest BCUT2D eigenvalue weighted by atomic mass is 16.4. The summed E-state index contributed by atoms with van der Waals surface area (Å²) in [6, 6.07) is 0. The van der Waals surface area contributed by atoms with E-state index in [0.717, 1.165) is 44.9 Å². The summed E-state index contributed by atoms with van der Waals surface area (Å²) in [7, 11) is 0. The standard InChI is InChI=1S/C22H40O2/c1-3-5-7-8-9-10-11-12-13-14-15-16-17-18-20-21(22(23)24)19-6-4-2/h9-10,12-13,21H,3-8,11,14-20H2,1-2H3,(H,23,24). The van der Waals surface area contributed by atoms with Crippen molar-refractivity contribution in [2.24, 2.45) is 5.92 Å². The van der Waals surface area contributed by atoms with E-state index in [1.807, 2.05) is 0 Å². The molecule has 0 aliphatic rings. The fourth-order valence-electron chi connectivity index (χ4n) is 2.87. The number of carbonyl (C=O) groups is 1. The summed E-state index contributed by atoms with van der Waals surface area (Å²) in [5, 5.41) is 9.19. The van der Waals surface area contributed by atoms with Crippen molar-refractivity contribution < 1.29 is 9.90 Å². The topological polar surface area (TPSA) is 37.3 Å². The summed E-state index contributed by atoms with van der Waals surface area (Å²) >= 11 is 0. The van der Waals surface area contributed by atoms with Crippen LogP contribution in [0, 0.1) is 5.92 Å². The molecule has 140 valence electrons. The Morgan fingerprint density at radius 2 is 1.29 bits per heavy atom. The third kappa shape index (κ3) is 15.8. The van der Waals surface area contributed by atoms with Crippen LogP contribution in [0.5, 0.6) is 0 Å². The minimum atomic E-state index is -0.603. The first-order chi connectivity index (χ1) is 11.7. The quantitative estimate of drug-likeness (QED) is 0.223. The molecule has 0 amide bonds. The van der Waals surface area contributed by atoms with Crippen molar-refractivity contribution in [3.8, 4) is 0 Å². The summed E-state index contributed by atoms with van der Waals surface area (Å²) in [5.41, 5.74) is 0. The molecule has 0 aromatic carbocycles. The molecule has 2 heteroatoms. The Hall–Kier alpha value is -1.05. The van der Waals surface area contributed by atoms with Crippen molar-refractivity contribution in [1.29, 1.82) is 0 Å². The smallest absolute Gasteiger partial charge is 0.306 e. The van der Waals surface area contributed by atoms with E-state index in [4.69, 9.17) is 0 Å². The Morgan fingerprint density at radius 1 is 0.750 bits per heavy atom. The van der Waals surface area contributed by atoms with E-state index in [0.29, 0.717) is 0 Å². The Kier molecular flexibility index (Phi) is 17.5. The normalized spacial score (nSPS) is 13.1. The van der Waals surface area contributed by atoms with Crippen LogP contribution in [0.4, 0.5) is 0 Å². The van der Waals surface area contributed by atoms with Gasteiger partial charge in [0.05, 0.1) is 5.92 Å². The third-order valence-electron chi connectivity index (χ3n) is 4.51. The van der Waals surface area contributed by atoms with Gasteiger partial charge in [0.15, 0.2) is 0 Å². The number of unbranched alkanes of at least 4 members (excludes halogenated alkanes) is 8. The molecule has 0 heterocycles. The van der Waals surface area contributed by atoms with Gasteiger partial charge in [-0.2, -0.15) is 0 Å². The molecule has 0 saturated heterocycles. The monoisotopic (exact) mass is 336 g/mol. The molecule has 0 spiro atoms. The molecule has 0 radical (unpaired) electrons. The molecule has 0 aromatic rings. The highest BCUT2D eigenvalue weighted by molar-refractivity contribution is 5.69. The molecular formula is C22H40O2. The first-order valence-electron chi connectivity index (χ1n) is 10.2. The lowest BCUT2D eigenvalue weighted by Crippen LogP contribution is -2.13. The van der Waals surface area contributed by atoms with Crippen molar-refractivity contribution in [3.05, 3.63) is 24.3 Å². The van der Waals surface area contributed by atoms with Crippen molar-refractivity contribution in [3.63, 3.8) is 0 Å². The van der Waals surface area contributed by atoms with E-state index in [-0.39, 0.29) is 5.92 Å². The summed E-state index contributed by atoms with van der Waals surface area (Å²) in [4.78, 5) is 11.2. The molecule has 0 bridgehead atoms. The lowest BCUT2D eigenvalue weighted by molar-refractivity contribution is -0.142. The molecule has 1 atom stereocenters. The van der Waals surface area contributed by atoms with Crippen LogP contribution in [0.2, 0.25) is 0 Å². The fourth-order valence-corrected chi connectivity index (χ4v) is 2.87. The number of hydrogen-bond donors (Lipinski definition) is 1. The maximum atomic E-state index is 11.2. The first kappa shape index (κ1) is 22.9. The van der Waals surface area contributed by atoms with Gasteiger partial charge >= 0.3 is 5.97 Å². The van der Waals surface area contributed by atoms with Crippen LogP contribution < -0.4 is 0 Å². The molecule has 24 heavy (non-hydrogen) atoms. The maximum Gasteiger partial charge on any atom is 0.306 e. The second kappa shape index (κ2) is 18.3. The number of carboxylic acid groups (broad SMARTS) is 1. The van der Waals surface area contributed by atoms with Gasteiger partial charge in [0.25, 0.3) is 0 Å². The molecule has 2 nitrogen and oxygen atoms in total. The molecule has 0 aliphatic carbocycles. The van der Waals surface area contributed by atoms with E-state index in [1.165, 1.54) is 44.9 Å². The molecule has 1 N–H and O–H groups in total. The van der Waals surface area contributed by atoms with E-state index in [2.05, 4.69) is 38.2 Å². The largest absolute Gasteiger partial charge is 0.481 e. The maximum absolute atomic E-state index is 11.2. The highest BCUT2D eigenvalue weighted by Gasteiger charge is 2.15. The van der Waals surface area contributed by atoms with Crippen molar-refractivity contribution in [2.75, 3.05) is 0 Å². The van der Waals surface area contributed by atoms with Crippen molar-refractivity contribution in [1.82, 2.24) is 0 Å². The highest BCUT2D eigenvalue weighted by Crippen LogP contribution is 2.17. The molecule has 0 saturated carbocycles. The Balaban J connectivity index is 3.46. The van der Waals surface area contributed by atoms with Gasteiger partial charge in [0.1, 0.15) is 0 Å². The molecule has 0 aromatic heterocycles. The summed E-state index contributed by atoms with van der Waals surface area (Å²) in [6.07, 6.45) is 25.0. The lowest BCUT2D eigenvalue weighted by atomic mass is 9.95. The lowest BCUT2D eigenvalue weighted by Gasteiger charge is -2.11. The van der Waals surface area contributed by atoms with Crippen molar-refractivity contribution in [2.45, 2.75) is 104 Å². The predicted molar refractivity (Wildman–Crippen MR) is 105 cm³/mol. The molecule has 0 fully saturated rings. The fraction of sp³-hybridized carbons (Fsp3) is 0.773. The average Bonchev–Trinajstić information content (AvgIpc) is 2.57. The molecular weight excluding hydrogens is 296 g/mol. The van der Waals surface area contributed by atoms with Gasteiger partial charge in [-0.3, -0.25) is 4.79 Å². The van der Waals surface area contributed by atoms with E-state index in [1.54, 1.807) is 0 Å². The molecule has 0 rings (SSSR count). The minimum absolute atomic E-state index is 0.117. The zero-order valence-electron chi connectivity index (χ0n) is 16.1. The predicted octanol–water partition coefficient (Wildman–Crippen LogP) is 7.30. The van der Waals surface area contributed by atoms with Gasteiger partial charge in [0.2, 0.25) is 0 Å². The third-order valence-corrected chi connectivity index (χ3v) is 4.51. The second-order valence-corrected chi connectivity index (χ2v) is 6.84. The zero-order chi connectivity index (χ0) is 17.9. The summed E-state index contributed by atoms with van der Waals surface area (Å²) < 4.78 is 0. The van der Waals surface area contributed by atoms with Crippen LogP contribution in [0.25, 0.3) is 0 Å². The van der Waals surface area contributed by atoms with Gasteiger partial charge in [-0.15, -0.1) is 0 Å². The van der Waals surface area contributed by atoms with Gasteiger partial charge in [-0.05, 0) is 44.9 Å². The van der Waals surface area contributed by atoms with E-state index >= 15 is 0 Å². The van der Waals surface area contributed by atoms with E-state index < -0.39 is 5.97 Å². The summed E-state index contributed by atoms with van der Waals surface area (Å²) in [6.45, 7) is 4.36. The number of allylic oxidation sites excluding steroid dienone is 4. The van der Waals surface area contributed by atoms with Crippen LogP contribution in [-0.2, 0) is 4.79 Å². The van der Waals surface area contributed by atoms with Crippen LogP contribution in [0.3, 0.4) is 0 Å². The van der Waals surface area contributed by atoms with Gasteiger partial charge in [0, 0.05) is 0 Å². The Morgan fingerprint density at radius 3 is 1.88 bits per heavy atom. The van der Waals surface area contributed by atoms with E-state index in [9.17, 15) is 9.90 Å². The number of hydrogen-bond acceptors (Lipinski definition) is 1. The number of carboxylic acids is 1. The van der Waals surface area contributed by atoms with Crippen LogP contribution >= 0.6 is 0 Å². The Bertz CT molecular complexity index is 331. The van der Waals surface area contributed by atoms with Gasteiger partial charge in [-0.1, -0.05) is 83.1 Å². The van der Waals surface area contributed by atoms with Gasteiger partial charge in [-0.25, -0.2) is 0 Å². The van der Waals surface area contributed by atoms with Crippen molar-refractivity contribution >= 4 is 5.97 Å². The number of aliphatic carboxylic acids is 1. The van der Waals surface area contributed by atoms with Gasteiger partial charge < -0.3 is 5.11 Å². The SMILES string of the molecule is CCCCCC=CCC=CCCCCCCC(CCCC)C(=O)O. The first-order valence-corrected chi connectivity index (χ1v) is 10.2. The second-order valence-electron chi connectivity index (χ2n) is 6.84. The van der Waals surface area contributed by atoms with Crippen LogP contribution in [0.1, 0.15) is 104 Å². The molecule has 0 aliphatic heterocycles. The van der Waals surface area contributed by atoms with Crippen LogP contribution in [0.15, 0.2) is 24.3 Å². The average molecular weight is 337 g/mol. The zero-order valence-corrected chi connectivity index (χ0v) is 16.1. The summed E-state index contributed by atoms with van der Waals surface area (Å²) in [5.74, 6) is -0.719. The van der Waals surface area contributed by atoms with Crippen LogP contribution in [-0.4, -0.2) is 11.1 Å².